The number of aromatic nitrogens is 1. The lowest BCUT2D eigenvalue weighted by atomic mass is 10.0. The van der Waals surface area contributed by atoms with Crippen molar-refractivity contribution in [2.24, 2.45) is 0 Å². The highest BCUT2D eigenvalue weighted by Gasteiger charge is 2.38. The van der Waals surface area contributed by atoms with Crippen LogP contribution < -0.4 is 5.32 Å². The summed E-state index contributed by atoms with van der Waals surface area (Å²) in [6, 6.07) is 0. The molecule has 1 unspecified atom stereocenters. The topological polar surface area (TPSA) is 60.5 Å². The summed E-state index contributed by atoms with van der Waals surface area (Å²) >= 11 is 1.42. The highest BCUT2D eigenvalue weighted by Crippen LogP contribution is 2.24. The van der Waals surface area contributed by atoms with E-state index < -0.39 is 5.54 Å². The molecule has 0 aromatic carbocycles. The van der Waals surface area contributed by atoms with E-state index in [0.29, 0.717) is 18.2 Å². The van der Waals surface area contributed by atoms with Gasteiger partial charge in [-0.25, -0.2) is 9.78 Å². The summed E-state index contributed by atoms with van der Waals surface area (Å²) in [6.45, 7) is 2.84. The Morgan fingerprint density at radius 3 is 2.88 bits per heavy atom. The molecule has 90 valence electrons. The minimum Gasteiger partial charge on any atom is -0.467 e. The summed E-state index contributed by atoms with van der Waals surface area (Å²) in [5, 5.41) is 5.62. The molecule has 5 nitrogen and oxygen atoms in total. The van der Waals surface area contributed by atoms with Gasteiger partial charge in [0, 0.05) is 25.2 Å². The molecule has 0 radical (unpaired) electrons. The molecular formula is C10H16N2O3S. The zero-order valence-electron chi connectivity index (χ0n) is 9.65. The van der Waals surface area contributed by atoms with Gasteiger partial charge in [0.05, 0.1) is 13.7 Å². The molecular weight excluding hydrogens is 228 g/mol. The zero-order chi connectivity index (χ0) is 12.0. The van der Waals surface area contributed by atoms with E-state index in [1.54, 1.807) is 20.2 Å². The molecule has 1 N–H and O–H groups in total. The van der Waals surface area contributed by atoms with Crippen LogP contribution in [0.25, 0.3) is 0 Å². The quantitative estimate of drug-likeness (QED) is 0.591. The molecule has 0 bridgehead atoms. The lowest BCUT2D eigenvalue weighted by Crippen LogP contribution is -2.48. The molecule has 6 heteroatoms. The number of carbonyl (C=O) groups excluding carboxylic acids is 1. The van der Waals surface area contributed by atoms with E-state index in [1.807, 2.05) is 5.38 Å². The molecule has 0 aliphatic rings. The fourth-order valence-corrected chi connectivity index (χ4v) is 2.08. The molecule has 1 aromatic rings. The largest absolute Gasteiger partial charge is 0.467 e. The van der Waals surface area contributed by atoms with Crippen molar-refractivity contribution in [1.29, 1.82) is 0 Å². The van der Waals surface area contributed by atoms with Gasteiger partial charge in [-0.1, -0.05) is 0 Å². The van der Waals surface area contributed by atoms with Crippen LogP contribution in [-0.4, -0.2) is 38.3 Å². The van der Waals surface area contributed by atoms with Crippen LogP contribution in [-0.2, 0) is 19.8 Å². The third-order valence-electron chi connectivity index (χ3n) is 2.24. The maximum absolute atomic E-state index is 11.8. The van der Waals surface area contributed by atoms with Crippen LogP contribution >= 0.6 is 11.3 Å². The molecule has 0 amide bonds. The van der Waals surface area contributed by atoms with Crippen molar-refractivity contribution in [1.82, 2.24) is 10.3 Å². The van der Waals surface area contributed by atoms with Gasteiger partial charge in [0.2, 0.25) is 0 Å². The molecule has 1 atom stereocenters. The molecule has 0 saturated carbocycles. The lowest BCUT2D eigenvalue weighted by molar-refractivity contribution is -0.148. The second kappa shape index (κ2) is 5.93. The number of rotatable bonds is 6. The number of hydrogen-bond acceptors (Lipinski definition) is 6. The molecule has 16 heavy (non-hydrogen) atoms. The number of methoxy groups -OCH3 is 2. The van der Waals surface area contributed by atoms with Crippen molar-refractivity contribution in [3.63, 3.8) is 0 Å². The van der Waals surface area contributed by atoms with E-state index in [-0.39, 0.29) is 5.97 Å². The van der Waals surface area contributed by atoms with Gasteiger partial charge in [0.15, 0.2) is 5.54 Å². The Morgan fingerprint density at radius 2 is 2.38 bits per heavy atom. The van der Waals surface area contributed by atoms with Gasteiger partial charge in [-0.2, -0.15) is 0 Å². The summed E-state index contributed by atoms with van der Waals surface area (Å²) in [5.41, 5.74) is -0.901. The van der Waals surface area contributed by atoms with Crippen LogP contribution in [0.2, 0.25) is 0 Å². The molecule has 0 aliphatic heterocycles. The predicted molar refractivity (Wildman–Crippen MR) is 61.4 cm³/mol. The van der Waals surface area contributed by atoms with E-state index in [1.165, 1.54) is 18.4 Å². The second-order valence-corrected chi connectivity index (χ2v) is 4.27. The number of carbonyl (C=O) groups is 1. The highest BCUT2D eigenvalue weighted by atomic mass is 32.1. The van der Waals surface area contributed by atoms with Gasteiger partial charge < -0.3 is 9.47 Å². The SMILES string of the molecule is COCCNC(C)(C(=O)OC)c1nccs1. The van der Waals surface area contributed by atoms with Crippen molar-refractivity contribution in [3.8, 4) is 0 Å². The van der Waals surface area contributed by atoms with Crippen LogP contribution in [0.3, 0.4) is 0 Å². The van der Waals surface area contributed by atoms with Gasteiger partial charge in [-0.3, -0.25) is 5.32 Å². The summed E-state index contributed by atoms with van der Waals surface area (Å²) in [4.78, 5) is 15.9. The average Bonchev–Trinajstić information content (AvgIpc) is 2.82. The van der Waals surface area contributed by atoms with Crippen molar-refractivity contribution in [2.75, 3.05) is 27.4 Å². The number of thiazole rings is 1. The first-order valence-electron chi connectivity index (χ1n) is 4.87. The maximum atomic E-state index is 11.8. The number of nitrogens with zero attached hydrogens (tertiary/aromatic N) is 1. The number of hydrogen-bond donors (Lipinski definition) is 1. The molecule has 0 spiro atoms. The normalized spacial score (nSPS) is 14.4. The number of esters is 1. The molecule has 0 fully saturated rings. The molecule has 0 aliphatic carbocycles. The lowest BCUT2D eigenvalue weighted by Gasteiger charge is -2.25. The van der Waals surface area contributed by atoms with Crippen molar-refractivity contribution in [3.05, 3.63) is 16.6 Å². The van der Waals surface area contributed by atoms with Gasteiger partial charge in [0.25, 0.3) is 0 Å². The second-order valence-electron chi connectivity index (χ2n) is 3.37. The van der Waals surface area contributed by atoms with Crippen LogP contribution in [0.1, 0.15) is 11.9 Å². The third-order valence-corrected chi connectivity index (χ3v) is 3.23. The van der Waals surface area contributed by atoms with Crippen LogP contribution in [0.15, 0.2) is 11.6 Å². The van der Waals surface area contributed by atoms with Crippen LogP contribution in [0.5, 0.6) is 0 Å². The maximum Gasteiger partial charge on any atom is 0.332 e. The molecule has 1 rings (SSSR count). The summed E-state index contributed by atoms with van der Waals surface area (Å²) in [6.07, 6.45) is 1.67. The van der Waals surface area contributed by atoms with Crippen LogP contribution in [0, 0.1) is 0 Å². The summed E-state index contributed by atoms with van der Waals surface area (Å²) < 4.78 is 9.73. The van der Waals surface area contributed by atoms with E-state index in [4.69, 9.17) is 9.47 Å². The van der Waals surface area contributed by atoms with Gasteiger partial charge in [-0.05, 0) is 6.92 Å². The predicted octanol–water partition coefficient (Wildman–Crippen LogP) is 0.767. The molecule has 0 saturated heterocycles. The fraction of sp³-hybridized carbons (Fsp3) is 0.600. The van der Waals surface area contributed by atoms with E-state index in [0.717, 1.165) is 0 Å². The zero-order valence-corrected chi connectivity index (χ0v) is 10.5. The smallest absolute Gasteiger partial charge is 0.332 e. The van der Waals surface area contributed by atoms with Crippen molar-refractivity contribution < 1.29 is 14.3 Å². The van der Waals surface area contributed by atoms with E-state index in [9.17, 15) is 4.79 Å². The van der Waals surface area contributed by atoms with Crippen LogP contribution in [0.4, 0.5) is 0 Å². The Labute approximate surface area is 98.8 Å². The summed E-state index contributed by atoms with van der Waals surface area (Å²) in [5.74, 6) is -0.349. The Kier molecular flexibility index (Phi) is 4.85. The van der Waals surface area contributed by atoms with Crippen molar-refractivity contribution in [2.45, 2.75) is 12.5 Å². The fourth-order valence-electron chi connectivity index (χ4n) is 1.31. The van der Waals surface area contributed by atoms with Gasteiger partial charge in [0.1, 0.15) is 5.01 Å². The Balaban J connectivity index is 2.81. The first-order valence-corrected chi connectivity index (χ1v) is 5.75. The first kappa shape index (κ1) is 13.1. The van der Waals surface area contributed by atoms with Gasteiger partial charge >= 0.3 is 5.97 Å². The Morgan fingerprint density at radius 1 is 1.62 bits per heavy atom. The molecule has 1 aromatic heterocycles. The van der Waals surface area contributed by atoms with E-state index >= 15 is 0 Å². The average molecular weight is 244 g/mol. The van der Waals surface area contributed by atoms with Gasteiger partial charge in [-0.15, -0.1) is 11.3 Å². The first-order chi connectivity index (χ1) is 7.65. The number of nitrogens with one attached hydrogen (secondary N) is 1. The standard InChI is InChI=1S/C10H16N2O3S/c1-10(9(13)15-3,12-4-6-14-2)8-11-5-7-16-8/h5,7,12H,4,6H2,1-3H3. The Hall–Kier alpha value is -0.980. The Bertz CT molecular complexity index is 329. The number of ether oxygens (including phenoxy) is 2. The highest BCUT2D eigenvalue weighted by molar-refractivity contribution is 7.09. The summed E-state index contributed by atoms with van der Waals surface area (Å²) in [7, 11) is 2.98. The monoisotopic (exact) mass is 244 g/mol. The third kappa shape index (κ3) is 2.78. The van der Waals surface area contributed by atoms with E-state index in [2.05, 4.69) is 10.3 Å². The van der Waals surface area contributed by atoms with Crippen molar-refractivity contribution >= 4 is 17.3 Å². The minimum atomic E-state index is -0.901. The minimum absolute atomic E-state index is 0.349. The molecule has 1 heterocycles.